The quantitative estimate of drug-likeness (QED) is 0.893. The lowest BCUT2D eigenvalue weighted by molar-refractivity contribution is -0.129. The highest BCUT2D eigenvalue weighted by atomic mass is 16.5. The number of rotatable bonds is 4. The standard InChI is InChI=1S/C14H19NO4/c1-9(15-8-10(16)6-14(15)17)12-7-11(18-2)4-5-13(12)19-3/h4-5,7,9-10,16H,6,8H2,1-3H3. The Balaban J connectivity index is 2.31. The molecule has 1 fully saturated rings. The van der Waals surface area contributed by atoms with E-state index in [0.29, 0.717) is 12.3 Å². The third kappa shape index (κ3) is 2.66. The second-order valence-corrected chi connectivity index (χ2v) is 4.69. The van der Waals surface area contributed by atoms with E-state index in [1.54, 1.807) is 19.1 Å². The van der Waals surface area contributed by atoms with Crippen molar-refractivity contribution in [3.63, 3.8) is 0 Å². The molecule has 5 heteroatoms. The number of carbonyl (C=O) groups is 1. The summed E-state index contributed by atoms with van der Waals surface area (Å²) >= 11 is 0. The molecule has 2 atom stereocenters. The van der Waals surface area contributed by atoms with E-state index in [0.717, 1.165) is 11.3 Å². The van der Waals surface area contributed by atoms with E-state index in [9.17, 15) is 9.90 Å². The first-order valence-corrected chi connectivity index (χ1v) is 6.26. The highest BCUT2D eigenvalue weighted by molar-refractivity contribution is 5.79. The summed E-state index contributed by atoms with van der Waals surface area (Å²) in [7, 11) is 3.19. The van der Waals surface area contributed by atoms with Crippen LogP contribution in [0.5, 0.6) is 11.5 Å². The summed E-state index contributed by atoms with van der Waals surface area (Å²) in [5, 5.41) is 9.57. The van der Waals surface area contributed by atoms with Crippen LogP contribution in [0.1, 0.15) is 24.9 Å². The number of β-amino-alcohol motifs (C(OH)–C–C–N with tert-alkyl or cyclic N) is 1. The molecule has 1 aliphatic heterocycles. The van der Waals surface area contributed by atoms with Gasteiger partial charge in [-0.1, -0.05) is 0 Å². The summed E-state index contributed by atoms with van der Waals surface area (Å²) in [6.07, 6.45) is -0.386. The van der Waals surface area contributed by atoms with Gasteiger partial charge in [-0.25, -0.2) is 0 Å². The van der Waals surface area contributed by atoms with Gasteiger partial charge in [0, 0.05) is 12.1 Å². The van der Waals surface area contributed by atoms with Crippen molar-refractivity contribution in [1.82, 2.24) is 4.90 Å². The van der Waals surface area contributed by atoms with Crippen LogP contribution in [0.15, 0.2) is 18.2 Å². The summed E-state index contributed by atoms with van der Waals surface area (Å²) in [6, 6.07) is 5.34. The van der Waals surface area contributed by atoms with Gasteiger partial charge in [0.25, 0.3) is 0 Å². The van der Waals surface area contributed by atoms with Crippen molar-refractivity contribution in [1.29, 1.82) is 0 Å². The van der Waals surface area contributed by atoms with Gasteiger partial charge < -0.3 is 19.5 Å². The van der Waals surface area contributed by atoms with Crippen molar-refractivity contribution >= 4 is 5.91 Å². The molecule has 5 nitrogen and oxygen atoms in total. The van der Waals surface area contributed by atoms with Crippen LogP contribution >= 0.6 is 0 Å². The fraction of sp³-hybridized carbons (Fsp3) is 0.500. The summed E-state index contributed by atoms with van der Waals surface area (Å²) in [4.78, 5) is 13.5. The van der Waals surface area contributed by atoms with Gasteiger partial charge in [-0.15, -0.1) is 0 Å². The third-order valence-corrected chi connectivity index (χ3v) is 3.49. The lowest BCUT2D eigenvalue weighted by Crippen LogP contribution is -2.29. The predicted molar refractivity (Wildman–Crippen MR) is 70.3 cm³/mol. The Hall–Kier alpha value is -1.75. The minimum absolute atomic E-state index is 0.0372. The molecule has 1 N–H and O–H groups in total. The van der Waals surface area contributed by atoms with Crippen LogP contribution in [0.2, 0.25) is 0 Å². The first-order chi connectivity index (χ1) is 9.06. The molecule has 19 heavy (non-hydrogen) atoms. The van der Waals surface area contributed by atoms with Crippen molar-refractivity contribution in [2.45, 2.75) is 25.5 Å². The largest absolute Gasteiger partial charge is 0.497 e. The van der Waals surface area contributed by atoms with Crippen LogP contribution in [-0.4, -0.2) is 42.8 Å². The van der Waals surface area contributed by atoms with Crippen LogP contribution in [0.3, 0.4) is 0 Å². The van der Waals surface area contributed by atoms with E-state index in [1.807, 2.05) is 25.1 Å². The molecule has 0 spiro atoms. The number of hydrogen-bond acceptors (Lipinski definition) is 4. The fourth-order valence-electron chi connectivity index (χ4n) is 2.42. The topological polar surface area (TPSA) is 59.0 Å². The average molecular weight is 265 g/mol. The molecule has 0 bridgehead atoms. The van der Waals surface area contributed by atoms with E-state index >= 15 is 0 Å². The number of likely N-dealkylation sites (tertiary alicyclic amines) is 1. The zero-order valence-corrected chi connectivity index (χ0v) is 11.4. The van der Waals surface area contributed by atoms with Gasteiger partial charge in [-0.3, -0.25) is 4.79 Å². The van der Waals surface area contributed by atoms with Crippen LogP contribution in [0, 0.1) is 0 Å². The van der Waals surface area contributed by atoms with Gasteiger partial charge in [0.05, 0.1) is 32.8 Å². The van der Waals surface area contributed by atoms with Gasteiger partial charge in [0.1, 0.15) is 11.5 Å². The van der Waals surface area contributed by atoms with E-state index in [-0.39, 0.29) is 18.4 Å². The smallest absolute Gasteiger partial charge is 0.225 e. The molecule has 104 valence electrons. The Morgan fingerprint density at radius 1 is 1.37 bits per heavy atom. The normalized spacial score (nSPS) is 20.5. The lowest BCUT2D eigenvalue weighted by atomic mass is 10.1. The van der Waals surface area contributed by atoms with Crippen LogP contribution < -0.4 is 9.47 Å². The number of hydrogen-bond donors (Lipinski definition) is 1. The van der Waals surface area contributed by atoms with Crippen LogP contribution in [-0.2, 0) is 4.79 Å². The molecule has 1 aromatic carbocycles. The number of amides is 1. The van der Waals surface area contributed by atoms with Crippen LogP contribution in [0.25, 0.3) is 0 Å². The van der Waals surface area contributed by atoms with Crippen molar-refractivity contribution in [3.8, 4) is 11.5 Å². The van der Waals surface area contributed by atoms with E-state index in [1.165, 1.54) is 0 Å². The zero-order chi connectivity index (χ0) is 14.0. The second kappa shape index (κ2) is 5.48. The third-order valence-electron chi connectivity index (χ3n) is 3.49. The maximum atomic E-state index is 11.8. The molecular weight excluding hydrogens is 246 g/mol. The maximum absolute atomic E-state index is 11.8. The highest BCUT2D eigenvalue weighted by Gasteiger charge is 2.33. The number of aliphatic hydroxyl groups is 1. The molecule has 1 amide bonds. The Bertz CT molecular complexity index is 475. The molecule has 0 aromatic heterocycles. The number of benzene rings is 1. The zero-order valence-electron chi connectivity index (χ0n) is 11.4. The number of ether oxygens (including phenoxy) is 2. The summed E-state index contributed by atoms with van der Waals surface area (Å²) < 4.78 is 10.5. The van der Waals surface area contributed by atoms with Crippen molar-refractivity contribution in [2.24, 2.45) is 0 Å². The molecule has 1 aliphatic rings. The SMILES string of the molecule is COc1ccc(OC)c(C(C)N2CC(O)CC2=O)c1. The monoisotopic (exact) mass is 265 g/mol. The minimum Gasteiger partial charge on any atom is -0.497 e. The first-order valence-electron chi connectivity index (χ1n) is 6.26. The van der Waals surface area contributed by atoms with Crippen molar-refractivity contribution < 1.29 is 19.4 Å². The van der Waals surface area contributed by atoms with Gasteiger partial charge in [-0.05, 0) is 25.1 Å². The van der Waals surface area contributed by atoms with Gasteiger partial charge >= 0.3 is 0 Å². The van der Waals surface area contributed by atoms with Gasteiger partial charge in [0.15, 0.2) is 0 Å². The summed E-state index contributed by atoms with van der Waals surface area (Å²) in [6.45, 7) is 2.29. The maximum Gasteiger partial charge on any atom is 0.225 e. The number of aliphatic hydroxyl groups excluding tert-OH is 1. The molecule has 1 saturated heterocycles. The Morgan fingerprint density at radius 3 is 2.63 bits per heavy atom. The lowest BCUT2D eigenvalue weighted by Gasteiger charge is -2.26. The van der Waals surface area contributed by atoms with Crippen molar-refractivity contribution in [3.05, 3.63) is 23.8 Å². The summed E-state index contributed by atoms with van der Waals surface area (Å²) in [5.41, 5.74) is 0.879. The minimum atomic E-state index is -0.577. The molecule has 2 unspecified atom stereocenters. The van der Waals surface area contributed by atoms with Gasteiger partial charge in [-0.2, -0.15) is 0 Å². The summed E-state index contributed by atoms with van der Waals surface area (Å²) in [5.74, 6) is 1.39. The van der Waals surface area contributed by atoms with Crippen LogP contribution in [0.4, 0.5) is 0 Å². The van der Waals surface area contributed by atoms with E-state index in [2.05, 4.69) is 0 Å². The Labute approximate surface area is 112 Å². The Kier molecular flexibility index (Phi) is 3.95. The average Bonchev–Trinajstić information content (AvgIpc) is 2.76. The number of nitrogens with zero attached hydrogens (tertiary/aromatic N) is 1. The molecule has 0 radical (unpaired) electrons. The molecule has 1 heterocycles. The predicted octanol–water partition coefficient (Wildman–Crippen LogP) is 1.36. The molecule has 2 rings (SSSR count). The molecule has 0 aliphatic carbocycles. The first kappa shape index (κ1) is 13.7. The molecule has 1 aromatic rings. The number of carbonyl (C=O) groups excluding carboxylic acids is 1. The highest BCUT2D eigenvalue weighted by Crippen LogP contribution is 2.34. The van der Waals surface area contributed by atoms with Crippen molar-refractivity contribution in [2.75, 3.05) is 20.8 Å². The van der Waals surface area contributed by atoms with Gasteiger partial charge in [0.2, 0.25) is 5.91 Å². The molecular formula is C14H19NO4. The van der Waals surface area contributed by atoms with E-state index in [4.69, 9.17) is 9.47 Å². The fourth-order valence-corrected chi connectivity index (χ4v) is 2.42. The second-order valence-electron chi connectivity index (χ2n) is 4.69. The van der Waals surface area contributed by atoms with E-state index < -0.39 is 6.10 Å². The molecule has 0 saturated carbocycles. The number of methoxy groups -OCH3 is 2. The Morgan fingerprint density at radius 2 is 2.11 bits per heavy atom.